The molecule has 1 aliphatic heterocycles. The van der Waals surface area contributed by atoms with Gasteiger partial charge in [0.25, 0.3) is 0 Å². The average Bonchev–Trinajstić information content (AvgIpc) is 3.28. The van der Waals surface area contributed by atoms with E-state index in [0.29, 0.717) is 0 Å². The number of fused-ring (bicyclic) bond motifs is 1. The monoisotopic (exact) mass is 353 g/mol. The number of anilines is 1. The number of aromatic nitrogens is 1. The van der Waals surface area contributed by atoms with Gasteiger partial charge in [0.05, 0.1) is 23.4 Å². The molecule has 6 heteroatoms. The number of carbonyl (C=O) groups excluding carboxylic acids is 1. The number of rotatable bonds is 3. The molecule has 0 unspecified atom stereocenters. The molecular formula is C19H19N3O2S. The van der Waals surface area contributed by atoms with Gasteiger partial charge in [-0.2, -0.15) is 0 Å². The molecule has 5 nitrogen and oxygen atoms in total. The van der Waals surface area contributed by atoms with Gasteiger partial charge in [0.15, 0.2) is 0 Å². The Bertz CT molecular complexity index is 858. The molecule has 1 fully saturated rings. The molecule has 4 rings (SSSR count). The lowest BCUT2D eigenvalue weighted by Gasteiger charge is -2.23. The van der Waals surface area contributed by atoms with Crippen LogP contribution in [0.3, 0.4) is 0 Å². The molecule has 25 heavy (non-hydrogen) atoms. The summed E-state index contributed by atoms with van der Waals surface area (Å²) in [7, 11) is 1.63. The summed E-state index contributed by atoms with van der Waals surface area (Å²) in [6.45, 7) is 0.753. The Kier molecular flexibility index (Phi) is 4.28. The number of hydrogen-bond donors (Lipinski definition) is 1. The topological polar surface area (TPSA) is 54.5 Å². The van der Waals surface area contributed by atoms with Gasteiger partial charge >= 0.3 is 6.03 Å². The van der Waals surface area contributed by atoms with Gasteiger partial charge in [0, 0.05) is 12.2 Å². The molecule has 1 aliphatic rings. The number of ether oxygens (including phenoxy) is 1. The summed E-state index contributed by atoms with van der Waals surface area (Å²) in [4.78, 5) is 19.4. The third-order valence-electron chi connectivity index (χ3n) is 4.45. The van der Waals surface area contributed by atoms with Gasteiger partial charge in [-0.05, 0) is 49.2 Å². The predicted molar refractivity (Wildman–Crippen MR) is 100 cm³/mol. The van der Waals surface area contributed by atoms with Crippen LogP contribution >= 0.6 is 11.3 Å². The van der Waals surface area contributed by atoms with Crippen molar-refractivity contribution in [3.8, 4) is 5.75 Å². The van der Waals surface area contributed by atoms with Crippen molar-refractivity contribution in [3.63, 3.8) is 0 Å². The third kappa shape index (κ3) is 3.17. The van der Waals surface area contributed by atoms with E-state index in [0.717, 1.165) is 41.3 Å². The van der Waals surface area contributed by atoms with Gasteiger partial charge in [-0.15, -0.1) is 11.3 Å². The van der Waals surface area contributed by atoms with Gasteiger partial charge in [0.1, 0.15) is 10.8 Å². The van der Waals surface area contributed by atoms with E-state index in [2.05, 4.69) is 11.4 Å². The largest absolute Gasteiger partial charge is 0.497 e. The van der Waals surface area contributed by atoms with E-state index >= 15 is 0 Å². The first-order valence-corrected chi connectivity index (χ1v) is 9.13. The van der Waals surface area contributed by atoms with Crippen molar-refractivity contribution < 1.29 is 9.53 Å². The lowest BCUT2D eigenvalue weighted by Crippen LogP contribution is -2.34. The first-order chi connectivity index (χ1) is 12.2. The lowest BCUT2D eigenvalue weighted by molar-refractivity contribution is 0.207. The number of nitrogens with one attached hydrogen (secondary N) is 1. The minimum Gasteiger partial charge on any atom is -0.497 e. The molecule has 2 amide bonds. The molecule has 128 valence electrons. The summed E-state index contributed by atoms with van der Waals surface area (Å²) < 4.78 is 6.31. The van der Waals surface area contributed by atoms with Crippen LogP contribution in [0.4, 0.5) is 10.5 Å². The van der Waals surface area contributed by atoms with Crippen molar-refractivity contribution >= 4 is 33.3 Å². The number of amides is 2. The molecule has 0 radical (unpaired) electrons. The fourth-order valence-corrected chi connectivity index (χ4v) is 4.28. The maximum atomic E-state index is 12.7. The van der Waals surface area contributed by atoms with Gasteiger partial charge in [-0.3, -0.25) is 0 Å². The summed E-state index contributed by atoms with van der Waals surface area (Å²) in [6, 6.07) is 15.5. The smallest absolute Gasteiger partial charge is 0.322 e. The van der Waals surface area contributed by atoms with Crippen LogP contribution in [0.25, 0.3) is 10.2 Å². The molecule has 0 saturated carbocycles. The van der Waals surface area contributed by atoms with Crippen molar-refractivity contribution in [1.82, 2.24) is 9.88 Å². The summed E-state index contributed by atoms with van der Waals surface area (Å²) in [5.41, 5.74) is 1.77. The number of likely N-dealkylation sites (tertiary alicyclic amines) is 1. The van der Waals surface area contributed by atoms with Gasteiger partial charge < -0.3 is 15.0 Å². The molecule has 1 atom stereocenters. The molecular weight excluding hydrogens is 334 g/mol. The number of hydrogen-bond acceptors (Lipinski definition) is 4. The molecule has 1 saturated heterocycles. The zero-order valence-electron chi connectivity index (χ0n) is 13.9. The van der Waals surface area contributed by atoms with Crippen molar-refractivity contribution in [2.45, 2.75) is 18.9 Å². The van der Waals surface area contributed by atoms with E-state index in [1.165, 1.54) is 4.70 Å². The summed E-state index contributed by atoms with van der Waals surface area (Å²) in [6.07, 6.45) is 1.95. The number of urea groups is 1. The predicted octanol–water partition coefficient (Wildman–Crippen LogP) is 4.67. The number of thiazole rings is 1. The van der Waals surface area contributed by atoms with Crippen LogP contribution in [0.15, 0.2) is 48.5 Å². The van der Waals surface area contributed by atoms with E-state index in [-0.39, 0.29) is 12.1 Å². The van der Waals surface area contributed by atoms with Crippen LogP contribution in [0.2, 0.25) is 0 Å². The number of methoxy groups -OCH3 is 1. The SMILES string of the molecule is COc1ccc(NC(=O)N2CCC[C@@H]2c2nc3ccccc3s2)cc1. The maximum absolute atomic E-state index is 12.7. The fraction of sp³-hybridized carbons (Fsp3) is 0.263. The molecule has 2 aromatic carbocycles. The summed E-state index contributed by atoms with van der Waals surface area (Å²) in [5.74, 6) is 0.770. The van der Waals surface area contributed by atoms with Crippen molar-refractivity contribution in [2.75, 3.05) is 19.0 Å². The fourth-order valence-electron chi connectivity index (χ4n) is 3.17. The molecule has 0 bridgehead atoms. The van der Waals surface area contributed by atoms with E-state index in [4.69, 9.17) is 9.72 Å². The first kappa shape index (κ1) is 15.9. The number of benzene rings is 2. The van der Waals surface area contributed by atoms with Crippen LogP contribution in [0.1, 0.15) is 23.9 Å². The maximum Gasteiger partial charge on any atom is 0.322 e. The second-order valence-electron chi connectivity index (χ2n) is 6.03. The van der Waals surface area contributed by atoms with E-state index in [9.17, 15) is 4.79 Å². The van der Waals surface area contributed by atoms with E-state index in [1.807, 2.05) is 47.4 Å². The quantitative estimate of drug-likeness (QED) is 0.744. The van der Waals surface area contributed by atoms with Crippen LogP contribution in [-0.2, 0) is 0 Å². The third-order valence-corrected chi connectivity index (χ3v) is 5.59. The van der Waals surface area contributed by atoms with Crippen molar-refractivity contribution in [1.29, 1.82) is 0 Å². The second kappa shape index (κ2) is 6.72. The first-order valence-electron chi connectivity index (χ1n) is 8.32. The molecule has 1 aromatic heterocycles. The minimum atomic E-state index is -0.0769. The highest BCUT2D eigenvalue weighted by molar-refractivity contribution is 7.18. The van der Waals surface area contributed by atoms with Gasteiger partial charge in [0.2, 0.25) is 0 Å². The highest BCUT2D eigenvalue weighted by atomic mass is 32.1. The van der Waals surface area contributed by atoms with Crippen LogP contribution < -0.4 is 10.1 Å². The minimum absolute atomic E-state index is 0.0515. The summed E-state index contributed by atoms with van der Waals surface area (Å²) >= 11 is 1.68. The number of para-hydroxylation sites is 1. The Morgan fingerprint density at radius 3 is 2.80 bits per heavy atom. The summed E-state index contributed by atoms with van der Waals surface area (Å²) in [5, 5.41) is 3.99. The Balaban J connectivity index is 1.52. The molecule has 2 heterocycles. The Morgan fingerprint density at radius 2 is 2.04 bits per heavy atom. The highest BCUT2D eigenvalue weighted by Crippen LogP contribution is 2.36. The molecule has 3 aromatic rings. The van der Waals surface area contributed by atoms with Gasteiger partial charge in [-0.25, -0.2) is 9.78 Å². The number of nitrogens with zero attached hydrogens (tertiary/aromatic N) is 2. The Morgan fingerprint density at radius 1 is 1.24 bits per heavy atom. The van der Waals surface area contributed by atoms with Crippen molar-refractivity contribution in [2.24, 2.45) is 0 Å². The van der Waals surface area contributed by atoms with Crippen molar-refractivity contribution in [3.05, 3.63) is 53.5 Å². The van der Waals surface area contributed by atoms with Crippen LogP contribution in [-0.4, -0.2) is 29.6 Å². The molecule has 1 N–H and O–H groups in total. The second-order valence-corrected chi connectivity index (χ2v) is 7.09. The normalized spacial score (nSPS) is 17.0. The van der Waals surface area contributed by atoms with Gasteiger partial charge in [-0.1, -0.05) is 12.1 Å². The highest BCUT2D eigenvalue weighted by Gasteiger charge is 2.32. The number of carbonyl (C=O) groups is 1. The zero-order chi connectivity index (χ0) is 17.2. The molecule has 0 aliphatic carbocycles. The lowest BCUT2D eigenvalue weighted by atomic mass is 10.2. The van der Waals surface area contributed by atoms with Crippen LogP contribution in [0, 0.1) is 0 Å². The average molecular weight is 353 g/mol. The van der Waals surface area contributed by atoms with Crippen LogP contribution in [0.5, 0.6) is 5.75 Å². The standard InChI is InChI=1S/C19H19N3O2S/c1-24-14-10-8-13(9-11-14)20-19(23)22-12-4-6-16(22)18-21-15-5-2-3-7-17(15)25-18/h2-3,5,7-11,16H,4,6,12H2,1H3,(H,20,23)/t16-/m1/s1. The van der Waals surface area contributed by atoms with E-state index < -0.39 is 0 Å². The van der Waals surface area contributed by atoms with E-state index in [1.54, 1.807) is 18.4 Å². The zero-order valence-corrected chi connectivity index (χ0v) is 14.8. The Labute approximate surface area is 150 Å². The molecule has 0 spiro atoms. The Hall–Kier alpha value is -2.60.